The van der Waals surface area contributed by atoms with Gasteiger partial charge in [-0.3, -0.25) is 0 Å². The van der Waals surface area contributed by atoms with Crippen LogP contribution in [-0.4, -0.2) is 18.8 Å². The Labute approximate surface area is 94.3 Å². The van der Waals surface area contributed by atoms with E-state index in [2.05, 4.69) is 48.5 Å². The van der Waals surface area contributed by atoms with E-state index >= 15 is 0 Å². The quantitative estimate of drug-likeness (QED) is 0.662. The summed E-state index contributed by atoms with van der Waals surface area (Å²) in [7, 11) is -0.632. The Morgan fingerprint density at radius 1 is 0.857 bits per heavy atom. The molecule has 1 atom stereocenters. The van der Waals surface area contributed by atoms with Crippen LogP contribution >= 0.6 is 0 Å². The van der Waals surface area contributed by atoms with E-state index < -0.39 is 8.32 Å². The molecule has 0 saturated carbocycles. The van der Waals surface area contributed by atoms with E-state index in [1.54, 1.807) is 0 Å². The average molecular weight is 233 g/mol. The van der Waals surface area contributed by atoms with Crippen LogP contribution in [0.25, 0.3) is 0 Å². The van der Waals surface area contributed by atoms with Gasteiger partial charge in [-0.15, -0.1) is 0 Å². The Morgan fingerprint density at radius 2 is 1.21 bits per heavy atom. The van der Waals surface area contributed by atoms with Crippen molar-refractivity contribution in [2.24, 2.45) is 5.92 Å². The molecular weight excluding hydrogens is 204 g/mol. The topological polar surface area (TPSA) is 9.23 Å². The summed E-state index contributed by atoms with van der Waals surface area (Å²) in [5.41, 5.74) is 2.23. The highest BCUT2D eigenvalue weighted by Gasteiger charge is 2.46. The molecule has 0 bridgehead atoms. The van der Waals surface area contributed by atoms with Gasteiger partial charge in [0.25, 0.3) is 0 Å². The van der Waals surface area contributed by atoms with Gasteiger partial charge in [-0.1, -0.05) is 48.5 Å². The third-order valence-electron chi connectivity index (χ3n) is 3.87. The van der Waals surface area contributed by atoms with Crippen molar-refractivity contribution in [2.45, 2.75) is 65.1 Å². The molecule has 14 heavy (non-hydrogen) atoms. The van der Waals surface area contributed by atoms with Crippen LogP contribution in [0.4, 0.5) is 0 Å². The Hall–Kier alpha value is 0.394. The standard InChI is InChI=1S/C11H28OSi2/c1-8(2)11(7)14(12-13,9(3)4)10(5)6/h8-11H,1-7,13H3. The van der Waals surface area contributed by atoms with Gasteiger partial charge >= 0.3 is 0 Å². The minimum absolute atomic E-state index is 0.734. The van der Waals surface area contributed by atoms with Gasteiger partial charge in [0.05, 0.1) is 0 Å². The first kappa shape index (κ1) is 14.4. The molecule has 0 N–H and O–H groups in total. The van der Waals surface area contributed by atoms with Gasteiger partial charge in [0, 0.05) is 0 Å². The summed E-state index contributed by atoms with van der Waals surface area (Å²) >= 11 is 0. The highest BCUT2D eigenvalue weighted by atomic mass is 28.4. The van der Waals surface area contributed by atoms with Crippen LogP contribution in [-0.2, 0) is 4.12 Å². The third kappa shape index (κ3) is 2.50. The van der Waals surface area contributed by atoms with Crippen molar-refractivity contribution in [3.63, 3.8) is 0 Å². The molecule has 86 valence electrons. The molecule has 0 spiro atoms. The molecule has 0 aliphatic rings. The van der Waals surface area contributed by atoms with Gasteiger partial charge < -0.3 is 4.12 Å². The lowest BCUT2D eigenvalue weighted by molar-refractivity contribution is 0.465. The average Bonchev–Trinajstić information content (AvgIpc) is 2.04. The van der Waals surface area contributed by atoms with Gasteiger partial charge in [0.2, 0.25) is 0 Å². The summed E-state index contributed by atoms with van der Waals surface area (Å²) in [4.78, 5) is 0. The normalized spacial score (nSPS) is 15.9. The Bertz CT molecular complexity index is 159. The number of hydrogen-bond donors (Lipinski definition) is 0. The zero-order chi connectivity index (χ0) is 11.5. The highest BCUT2D eigenvalue weighted by molar-refractivity contribution is 6.79. The Morgan fingerprint density at radius 3 is 1.29 bits per heavy atom. The van der Waals surface area contributed by atoms with Crippen molar-refractivity contribution in [3.05, 3.63) is 0 Å². The summed E-state index contributed by atoms with van der Waals surface area (Å²) in [5, 5.41) is 0. The zero-order valence-corrected chi connectivity index (χ0v) is 14.2. The molecule has 0 heterocycles. The maximum absolute atomic E-state index is 6.16. The van der Waals surface area contributed by atoms with Crippen LogP contribution in [0.1, 0.15) is 48.5 Å². The van der Waals surface area contributed by atoms with Crippen LogP contribution in [0.3, 0.4) is 0 Å². The lowest BCUT2D eigenvalue weighted by atomic mass is 10.1. The van der Waals surface area contributed by atoms with Crippen molar-refractivity contribution in [1.82, 2.24) is 0 Å². The summed E-state index contributed by atoms with van der Waals surface area (Å²) < 4.78 is 6.16. The molecule has 0 aromatic rings. The first-order chi connectivity index (χ1) is 6.30. The van der Waals surface area contributed by atoms with Crippen molar-refractivity contribution in [2.75, 3.05) is 0 Å². The largest absolute Gasteiger partial charge is 0.463 e. The maximum atomic E-state index is 6.16. The van der Waals surface area contributed by atoms with Crippen LogP contribution in [0.2, 0.25) is 16.6 Å². The van der Waals surface area contributed by atoms with E-state index in [0.717, 1.165) is 33.0 Å². The minimum Gasteiger partial charge on any atom is -0.463 e. The van der Waals surface area contributed by atoms with Crippen molar-refractivity contribution < 1.29 is 4.12 Å². The monoisotopic (exact) mass is 232 g/mol. The molecule has 0 fully saturated rings. The van der Waals surface area contributed by atoms with Crippen LogP contribution in [0, 0.1) is 5.92 Å². The second-order valence-corrected chi connectivity index (χ2v) is 12.0. The maximum Gasteiger partial charge on any atom is 0.187 e. The van der Waals surface area contributed by atoms with Gasteiger partial charge in [-0.05, 0) is 22.5 Å². The second kappa shape index (κ2) is 5.47. The molecule has 0 radical (unpaired) electrons. The first-order valence-corrected chi connectivity index (χ1v) is 8.81. The fourth-order valence-electron chi connectivity index (χ4n) is 2.90. The fraction of sp³-hybridized carbons (Fsp3) is 1.00. The van der Waals surface area contributed by atoms with Crippen LogP contribution in [0.15, 0.2) is 0 Å². The van der Waals surface area contributed by atoms with Gasteiger partial charge in [0.15, 0.2) is 8.32 Å². The van der Waals surface area contributed by atoms with Crippen molar-refractivity contribution >= 4 is 18.8 Å². The fourth-order valence-corrected chi connectivity index (χ4v) is 12.6. The predicted octanol–water partition coefficient (Wildman–Crippen LogP) is 3.10. The van der Waals surface area contributed by atoms with E-state index in [1.807, 2.05) is 0 Å². The SMILES string of the molecule is CC(C)C(C)[Si](O[SiH3])(C(C)C)C(C)C. The molecule has 0 aliphatic heterocycles. The summed E-state index contributed by atoms with van der Waals surface area (Å²) in [6.07, 6.45) is 0. The second-order valence-electron chi connectivity index (χ2n) is 5.40. The lowest BCUT2D eigenvalue weighted by Gasteiger charge is -2.44. The summed E-state index contributed by atoms with van der Waals surface area (Å²) in [6.45, 7) is 16.5. The van der Waals surface area contributed by atoms with Gasteiger partial charge in [-0.2, -0.15) is 0 Å². The van der Waals surface area contributed by atoms with E-state index in [9.17, 15) is 0 Å². The van der Waals surface area contributed by atoms with E-state index in [4.69, 9.17) is 4.12 Å². The van der Waals surface area contributed by atoms with E-state index in [-0.39, 0.29) is 0 Å². The van der Waals surface area contributed by atoms with Crippen molar-refractivity contribution in [1.29, 1.82) is 0 Å². The molecular formula is C11H28OSi2. The molecule has 1 unspecified atom stereocenters. The zero-order valence-electron chi connectivity index (χ0n) is 11.2. The molecule has 0 aliphatic carbocycles. The summed E-state index contributed by atoms with van der Waals surface area (Å²) in [6, 6.07) is 0. The molecule has 0 saturated heterocycles. The van der Waals surface area contributed by atoms with Gasteiger partial charge in [-0.25, -0.2) is 0 Å². The Kier molecular flexibility index (Phi) is 5.62. The molecule has 3 heteroatoms. The molecule has 1 nitrogen and oxygen atoms in total. The lowest BCUT2D eigenvalue weighted by Crippen LogP contribution is -2.49. The van der Waals surface area contributed by atoms with E-state index in [1.165, 1.54) is 0 Å². The molecule has 0 rings (SSSR count). The third-order valence-corrected chi connectivity index (χ3v) is 12.4. The van der Waals surface area contributed by atoms with E-state index in [0.29, 0.717) is 0 Å². The Balaban J connectivity index is 5.03. The molecule has 0 aromatic heterocycles. The minimum atomic E-state index is -1.53. The molecule has 0 aromatic carbocycles. The van der Waals surface area contributed by atoms with Crippen LogP contribution < -0.4 is 0 Å². The van der Waals surface area contributed by atoms with Crippen LogP contribution in [0.5, 0.6) is 0 Å². The summed E-state index contributed by atoms with van der Waals surface area (Å²) in [5.74, 6) is 0.750. The molecule has 0 amide bonds. The smallest absolute Gasteiger partial charge is 0.187 e. The van der Waals surface area contributed by atoms with Gasteiger partial charge in [0.1, 0.15) is 10.5 Å². The number of hydrogen-bond acceptors (Lipinski definition) is 1. The predicted molar refractivity (Wildman–Crippen MR) is 71.2 cm³/mol. The number of rotatable bonds is 5. The first-order valence-electron chi connectivity index (χ1n) is 5.85. The highest BCUT2D eigenvalue weighted by Crippen LogP contribution is 2.44. The van der Waals surface area contributed by atoms with Crippen molar-refractivity contribution in [3.8, 4) is 0 Å².